The second-order valence-electron chi connectivity index (χ2n) is 5.56. The highest BCUT2D eigenvalue weighted by Gasteiger charge is 2.23. The van der Waals surface area contributed by atoms with Crippen LogP contribution >= 0.6 is 0 Å². The lowest BCUT2D eigenvalue weighted by Crippen LogP contribution is -2.49. The Bertz CT molecular complexity index is 311. The van der Waals surface area contributed by atoms with Crippen LogP contribution in [0.5, 0.6) is 0 Å². The van der Waals surface area contributed by atoms with Crippen LogP contribution in [0.4, 0.5) is 0 Å². The number of β-amino-alcohol motifs (C(OH)–C–C–N with tert-alkyl or cyclic N) is 2. The molecule has 5 nitrogen and oxygen atoms in total. The van der Waals surface area contributed by atoms with Gasteiger partial charge in [-0.15, -0.1) is 6.42 Å². The van der Waals surface area contributed by atoms with Gasteiger partial charge in [-0.05, 0) is 13.3 Å². The molecule has 0 aromatic heterocycles. The van der Waals surface area contributed by atoms with E-state index in [2.05, 4.69) is 15.7 Å². The topological polar surface area (TPSA) is 56.2 Å². The van der Waals surface area contributed by atoms with Crippen molar-refractivity contribution in [2.75, 3.05) is 52.5 Å². The predicted octanol–water partition coefficient (Wildman–Crippen LogP) is -0.224. The number of hydrogen-bond acceptors (Lipinski definition) is 5. The minimum Gasteiger partial charge on any atom is -0.395 e. The van der Waals surface area contributed by atoms with Crippen LogP contribution in [0.15, 0.2) is 0 Å². The van der Waals surface area contributed by atoms with Crippen molar-refractivity contribution in [3.05, 3.63) is 0 Å². The van der Waals surface area contributed by atoms with Gasteiger partial charge in [0.25, 0.3) is 0 Å². The molecule has 20 heavy (non-hydrogen) atoms. The molecule has 0 spiro atoms. The molecule has 0 amide bonds. The number of aliphatic hydroxyl groups is 2. The van der Waals surface area contributed by atoms with E-state index < -0.39 is 11.7 Å². The van der Waals surface area contributed by atoms with Crippen molar-refractivity contribution < 1.29 is 14.9 Å². The van der Waals surface area contributed by atoms with Crippen molar-refractivity contribution in [1.29, 1.82) is 0 Å². The van der Waals surface area contributed by atoms with Crippen molar-refractivity contribution in [2.24, 2.45) is 0 Å². The molecule has 0 aromatic rings. The maximum Gasteiger partial charge on any atom is 0.125 e. The first kappa shape index (κ1) is 17.4. The Morgan fingerprint density at radius 2 is 1.90 bits per heavy atom. The van der Waals surface area contributed by atoms with E-state index >= 15 is 0 Å². The molecule has 1 fully saturated rings. The zero-order valence-electron chi connectivity index (χ0n) is 12.7. The minimum atomic E-state index is -0.583. The third-order valence-corrected chi connectivity index (χ3v) is 3.92. The summed E-state index contributed by atoms with van der Waals surface area (Å²) in [6.45, 7) is 9.36. The van der Waals surface area contributed by atoms with Gasteiger partial charge in [-0.1, -0.05) is 12.8 Å². The molecule has 1 saturated heterocycles. The van der Waals surface area contributed by atoms with Gasteiger partial charge in [0, 0.05) is 39.3 Å². The van der Waals surface area contributed by atoms with Crippen LogP contribution in [-0.2, 0) is 4.74 Å². The summed E-state index contributed by atoms with van der Waals surface area (Å²) in [6.07, 6.45) is 5.66. The van der Waals surface area contributed by atoms with Gasteiger partial charge in [0.2, 0.25) is 0 Å². The molecule has 5 heteroatoms. The fourth-order valence-corrected chi connectivity index (χ4v) is 2.21. The molecule has 0 aromatic carbocycles. The van der Waals surface area contributed by atoms with Crippen molar-refractivity contribution in [3.63, 3.8) is 0 Å². The van der Waals surface area contributed by atoms with Crippen molar-refractivity contribution in [3.8, 4) is 12.3 Å². The molecule has 0 unspecified atom stereocenters. The Morgan fingerprint density at radius 1 is 1.30 bits per heavy atom. The molecule has 1 rings (SSSR count). The lowest BCUT2D eigenvalue weighted by molar-refractivity contribution is -0.0501. The SMILES string of the molecule is C#C[C@@](C)(CC)OC[C@@H](O)CN1CCN(CCO)CC1. The number of piperazine rings is 1. The second-order valence-corrected chi connectivity index (χ2v) is 5.56. The van der Waals surface area contributed by atoms with E-state index in [1.54, 1.807) is 0 Å². The molecule has 116 valence electrons. The van der Waals surface area contributed by atoms with Gasteiger partial charge in [-0.2, -0.15) is 0 Å². The molecule has 2 N–H and O–H groups in total. The normalized spacial score (nSPS) is 22.1. The highest BCUT2D eigenvalue weighted by atomic mass is 16.5. The maximum atomic E-state index is 10.0. The van der Waals surface area contributed by atoms with Gasteiger partial charge < -0.3 is 14.9 Å². The van der Waals surface area contributed by atoms with Crippen LogP contribution in [-0.4, -0.2) is 84.2 Å². The van der Waals surface area contributed by atoms with Gasteiger partial charge in [-0.3, -0.25) is 9.80 Å². The highest BCUT2D eigenvalue weighted by Crippen LogP contribution is 2.14. The fourth-order valence-electron chi connectivity index (χ4n) is 2.21. The Kier molecular flexibility index (Phi) is 7.49. The molecule has 0 radical (unpaired) electrons. The third kappa shape index (κ3) is 5.78. The van der Waals surface area contributed by atoms with Crippen LogP contribution in [0, 0.1) is 12.3 Å². The van der Waals surface area contributed by atoms with Crippen LogP contribution in [0.1, 0.15) is 20.3 Å². The van der Waals surface area contributed by atoms with Crippen molar-refractivity contribution >= 4 is 0 Å². The lowest BCUT2D eigenvalue weighted by Gasteiger charge is -2.35. The van der Waals surface area contributed by atoms with Crippen molar-refractivity contribution in [1.82, 2.24) is 9.80 Å². The van der Waals surface area contributed by atoms with E-state index in [4.69, 9.17) is 16.3 Å². The average Bonchev–Trinajstić information content (AvgIpc) is 2.47. The van der Waals surface area contributed by atoms with Gasteiger partial charge in [0.05, 0.1) is 19.3 Å². The van der Waals surface area contributed by atoms with E-state index in [-0.39, 0.29) is 13.2 Å². The first-order chi connectivity index (χ1) is 9.53. The summed E-state index contributed by atoms with van der Waals surface area (Å²) in [5.41, 5.74) is -0.583. The molecule has 1 aliphatic heterocycles. The average molecular weight is 284 g/mol. The van der Waals surface area contributed by atoms with Gasteiger partial charge in [-0.25, -0.2) is 0 Å². The van der Waals surface area contributed by atoms with Gasteiger partial charge in [0.1, 0.15) is 5.60 Å². The van der Waals surface area contributed by atoms with Gasteiger partial charge >= 0.3 is 0 Å². The Labute approximate surface area is 122 Å². The molecular formula is C15H28N2O3. The predicted molar refractivity (Wildman–Crippen MR) is 79.5 cm³/mol. The summed E-state index contributed by atoms with van der Waals surface area (Å²) in [5.74, 6) is 2.63. The summed E-state index contributed by atoms with van der Waals surface area (Å²) in [4.78, 5) is 4.45. The number of ether oxygens (including phenoxy) is 1. The molecule has 2 atom stereocenters. The van der Waals surface area contributed by atoms with E-state index in [0.717, 1.165) is 39.1 Å². The molecule has 0 aliphatic carbocycles. The molecular weight excluding hydrogens is 256 g/mol. The lowest BCUT2D eigenvalue weighted by atomic mass is 10.1. The quantitative estimate of drug-likeness (QED) is 0.603. The molecule has 1 heterocycles. The number of nitrogens with zero attached hydrogens (tertiary/aromatic N) is 2. The molecule has 0 bridgehead atoms. The minimum absolute atomic E-state index is 0.207. The van der Waals surface area contributed by atoms with E-state index in [1.165, 1.54) is 0 Å². The van der Waals surface area contributed by atoms with E-state index in [1.807, 2.05) is 13.8 Å². The van der Waals surface area contributed by atoms with Gasteiger partial charge in [0.15, 0.2) is 0 Å². The standard InChI is InChI=1S/C15H28N2O3/c1-4-15(3,5-2)20-13-14(19)12-17-8-6-16(7-9-17)10-11-18/h1,14,18-19H,5-13H2,2-3H3/t14-,15-/m0/s1. The summed E-state index contributed by atoms with van der Waals surface area (Å²) in [5, 5.41) is 18.9. The maximum absolute atomic E-state index is 10.0. The zero-order valence-corrected chi connectivity index (χ0v) is 12.7. The summed E-state index contributed by atoms with van der Waals surface area (Å²) in [6, 6.07) is 0. The smallest absolute Gasteiger partial charge is 0.125 e. The number of rotatable bonds is 8. The fraction of sp³-hybridized carbons (Fsp3) is 0.867. The molecule has 0 saturated carbocycles. The van der Waals surface area contributed by atoms with Crippen molar-refractivity contribution in [2.45, 2.75) is 32.0 Å². The third-order valence-electron chi connectivity index (χ3n) is 3.92. The second kappa shape index (κ2) is 8.60. The van der Waals surface area contributed by atoms with Crippen LogP contribution < -0.4 is 0 Å². The number of aliphatic hydroxyl groups excluding tert-OH is 2. The summed E-state index contributed by atoms with van der Waals surface area (Å²) >= 11 is 0. The van der Waals surface area contributed by atoms with Crippen LogP contribution in [0.25, 0.3) is 0 Å². The number of hydrogen-bond donors (Lipinski definition) is 2. The summed E-state index contributed by atoms with van der Waals surface area (Å²) in [7, 11) is 0. The Balaban J connectivity index is 2.24. The molecule has 1 aliphatic rings. The van der Waals surface area contributed by atoms with Crippen LogP contribution in [0.2, 0.25) is 0 Å². The van der Waals surface area contributed by atoms with E-state index in [0.29, 0.717) is 6.54 Å². The Hall–Kier alpha value is -0.640. The number of terminal acetylenes is 1. The van der Waals surface area contributed by atoms with E-state index in [9.17, 15) is 5.11 Å². The first-order valence-electron chi connectivity index (χ1n) is 7.38. The zero-order chi connectivity index (χ0) is 15.0. The monoisotopic (exact) mass is 284 g/mol. The highest BCUT2D eigenvalue weighted by molar-refractivity contribution is 5.05. The largest absolute Gasteiger partial charge is 0.395 e. The first-order valence-corrected chi connectivity index (χ1v) is 7.38. The Morgan fingerprint density at radius 3 is 2.40 bits per heavy atom. The summed E-state index contributed by atoms with van der Waals surface area (Å²) < 4.78 is 5.63. The van der Waals surface area contributed by atoms with Crippen LogP contribution in [0.3, 0.4) is 0 Å².